The molecule has 96 valence electrons. The molecule has 1 amide bonds. The second-order valence-electron chi connectivity index (χ2n) is 4.50. The number of unbranched alkanes of at least 4 members (excludes halogenated alkanes) is 4. The van der Waals surface area contributed by atoms with Crippen LogP contribution in [0, 0.1) is 0 Å². The number of nitrogens with one attached hydrogen (secondary N) is 1. The Morgan fingerprint density at radius 3 is 2.50 bits per heavy atom. The van der Waals surface area contributed by atoms with Crippen molar-refractivity contribution in [2.24, 2.45) is 0 Å². The zero-order chi connectivity index (χ0) is 12.2. The maximum Gasteiger partial charge on any atom is 0.220 e. The molecule has 0 rings (SSSR count). The van der Waals surface area contributed by atoms with E-state index in [2.05, 4.69) is 12.2 Å². The Morgan fingerprint density at radius 1 is 1.19 bits per heavy atom. The van der Waals surface area contributed by atoms with E-state index in [1.165, 1.54) is 19.3 Å². The molecule has 0 aliphatic carbocycles. The van der Waals surface area contributed by atoms with Gasteiger partial charge in [0.25, 0.3) is 0 Å². The van der Waals surface area contributed by atoms with E-state index in [0.29, 0.717) is 6.42 Å². The molecule has 0 saturated heterocycles. The minimum Gasteiger partial charge on any atom is -0.396 e. The van der Waals surface area contributed by atoms with Crippen LogP contribution >= 0.6 is 0 Å². The van der Waals surface area contributed by atoms with Crippen molar-refractivity contribution in [1.29, 1.82) is 0 Å². The van der Waals surface area contributed by atoms with E-state index in [-0.39, 0.29) is 18.6 Å². The number of hydrogen-bond acceptors (Lipinski definition) is 2. The average molecular weight is 229 g/mol. The summed E-state index contributed by atoms with van der Waals surface area (Å²) >= 11 is 0. The number of amides is 1. The molecule has 0 aromatic heterocycles. The summed E-state index contributed by atoms with van der Waals surface area (Å²) < 4.78 is 0. The highest BCUT2D eigenvalue weighted by Crippen LogP contribution is 2.05. The maximum absolute atomic E-state index is 11.5. The van der Waals surface area contributed by atoms with Gasteiger partial charge in [0, 0.05) is 19.1 Å². The van der Waals surface area contributed by atoms with Gasteiger partial charge in [-0.2, -0.15) is 0 Å². The highest BCUT2D eigenvalue weighted by atomic mass is 16.2. The van der Waals surface area contributed by atoms with Gasteiger partial charge in [-0.1, -0.05) is 32.6 Å². The summed E-state index contributed by atoms with van der Waals surface area (Å²) in [5, 5.41) is 11.6. The summed E-state index contributed by atoms with van der Waals surface area (Å²) in [6.07, 6.45) is 8.18. The molecule has 1 atom stereocenters. The number of rotatable bonds is 10. The Balaban J connectivity index is 3.36. The van der Waals surface area contributed by atoms with Crippen LogP contribution in [0.4, 0.5) is 0 Å². The molecule has 3 nitrogen and oxygen atoms in total. The Kier molecular flexibility index (Phi) is 10.5. The molecule has 0 aliphatic heterocycles. The molecule has 0 aliphatic rings. The van der Waals surface area contributed by atoms with Crippen LogP contribution in [0.25, 0.3) is 0 Å². The minimum atomic E-state index is 0.155. The molecule has 2 N–H and O–H groups in total. The quantitative estimate of drug-likeness (QED) is 0.566. The number of aliphatic hydroxyl groups is 1. The number of aliphatic hydroxyl groups excluding tert-OH is 1. The van der Waals surface area contributed by atoms with Gasteiger partial charge in [0.2, 0.25) is 5.91 Å². The van der Waals surface area contributed by atoms with Crippen molar-refractivity contribution in [1.82, 2.24) is 5.32 Å². The third-order valence-corrected chi connectivity index (χ3v) is 2.71. The second-order valence-corrected chi connectivity index (χ2v) is 4.50. The van der Waals surface area contributed by atoms with Crippen LogP contribution < -0.4 is 5.32 Å². The molecule has 0 heterocycles. The topological polar surface area (TPSA) is 49.3 Å². The van der Waals surface area contributed by atoms with E-state index >= 15 is 0 Å². The van der Waals surface area contributed by atoms with E-state index < -0.39 is 0 Å². The SMILES string of the molecule is CCCCCCCC(=O)NC(C)CCCO. The largest absolute Gasteiger partial charge is 0.396 e. The van der Waals surface area contributed by atoms with Gasteiger partial charge in [-0.3, -0.25) is 4.79 Å². The highest BCUT2D eigenvalue weighted by Gasteiger charge is 2.06. The summed E-state index contributed by atoms with van der Waals surface area (Å²) in [5.74, 6) is 0.155. The average Bonchev–Trinajstić information content (AvgIpc) is 2.26. The van der Waals surface area contributed by atoms with Crippen LogP contribution in [-0.2, 0) is 4.79 Å². The Hall–Kier alpha value is -0.570. The van der Waals surface area contributed by atoms with Gasteiger partial charge >= 0.3 is 0 Å². The molecule has 0 aromatic rings. The van der Waals surface area contributed by atoms with Crippen molar-refractivity contribution >= 4 is 5.91 Å². The van der Waals surface area contributed by atoms with Crippen molar-refractivity contribution in [2.75, 3.05) is 6.61 Å². The van der Waals surface area contributed by atoms with Crippen molar-refractivity contribution in [2.45, 2.75) is 71.3 Å². The summed E-state index contributed by atoms with van der Waals surface area (Å²) in [5.41, 5.74) is 0. The molecule has 1 unspecified atom stereocenters. The molecule has 16 heavy (non-hydrogen) atoms. The second kappa shape index (κ2) is 10.9. The molecule has 0 spiro atoms. The summed E-state index contributed by atoms with van der Waals surface area (Å²) in [7, 11) is 0. The molecule has 0 fully saturated rings. The van der Waals surface area contributed by atoms with E-state index in [9.17, 15) is 4.79 Å². The lowest BCUT2D eigenvalue weighted by atomic mass is 10.1. The van der Waals surface area contributed by atoms with Gasteiger partial charge in [0.05, 0.1) is 0 Å². The normalized spacial score (nSPS) is 12.4. The Bertz CT molecular complexity index is 171. The summed E-state index contributed by atoms with van der Waals surface area (Å²) in [6.45, 7) is 4.39. The minimum absolute atomic E-state index is 0.155. The lowest BCUT2D eigenvalue weighted by Crippen LogP contribution is -2.32. The van der Waals surface area contributed by atoms with Gasteiger partial charge in [0.1, 0.15) is 0 Å². The van der Waals surface area contributed by atoms with E-state index in [4.69, 9.17) is 5.11 Å². The number of carbonyl (C=O) groups excluding carboxylic acids is 1. The molecular formula is C13H27NO2. The first-order valence-corrected chi connectivity index (χ1v) is 6.61. The maximum atomic E-state index is 11.5. The van der Waals surface area contributed by atoms with Crippen molar-refractivity contribution in [3.05, 3.63) is 0 Å². The fourth-order valence-electron chi connectivity index (χ4n) is 1.71. The van der Waals surface area contributed by atoms with Crippen LogP contribution in [0.5, 0.6) is 0 Å². The first-order chi connectivity index (χ1) is 7.70. The molecule has 0 bridgehead atoms. The van der Waals surface area contributed by atoms with Gasteiger partial charge < -0.3 is 10.4 Å². The van der Waals surface area contributed by atoms with Gasteiger partial charge in [-0.25, -0.2) is 0 Å². The Labute approximate surface area is 99.6 Å². The van der Waals surface area contributed by atoms with Gasteiger partial charge in [0.15, 0.2) is 0 Å². The lowest BCUT2D eigenvalue weighted by Gasteiger charge is -2.12. The fourth-order valence-corrected chi connectivity index (χ4v) is 1.71. The van der Waals surface area contributed by atoms with Crippen molar-refractivity contribution in [3.63, 3.8) is 0 Å². The third-order valence-electron chi connectivity index (χ3n) is 2.71. The number of carbonyl (C=O) groups is 1. The summed E-state index contributed by atoms with van der Waals surface area (Å²) in [4.78, 5) is 11.5. The fraction of sp³-hybridized carbons (Fsp3) is 0.923. The van der Waals surface area contributed by atoms with Crippen LogP contribution in [0.15, 0.2) is 0 Å². The predicted molar refractivity (Wildman–Crippen MR) is 67.3 cm³/mol. The summed E-state index contributed by atoms with van der Waals surface area (Å²) in [6, 6.07) is 0.190. The van der Waals surface area contributed by atoms with Crippen LogP contribution in [0.2, 0.25) is 0 Å². The smallest absolute Gasteiger partial charge is 0.220 e. The Morgan fingerprint density at radius 2 is 1.88 bits per heavy atom. The molecule has 0 saturated carbocycles. The zero-order valence-electron chi connectivity index (χ0n) is 10.8. The molecule has 3 heteroatoms. The molecule has 0 radical (unpaired) electrons. The van der Waals surface area contributed by atoms with Crippen LogP contribution in [0.3, 0.4) is 0 Å². The van der Waals surface area contributed by atoms with Crippen LogP contribution in [0.1, 0.15) is 65.2 Å². The standard InChI is InChI=1S/C13H27NO2/c1-3-4-5-6-7-10-13(16)14-12(2)9-8-11-15/h12,15H,3-11H2,1-2H3,(H,14,16). The van der Waals surface area contributed by atoms with E-state index in [1.54, 1.807) is 0 Å². The number of hydrogen-bond donors (Lipinski definition) is 2. The van der Waals surface area contributed by atoms with E-state index in [1.807, 2.05) is 6.92 Å². The lowest BCUT2D eigenvalue weighted by molar-refractivity contribution is -0.121. The van der Waals surface area contributed by atoms with Crippen molar-refractivity contribution in [3.8, 4) is 0 Å². The predicted octanol–water partition coefficient (Wildman–Crippen LogP) is 2.62. The van der Waals surface area contributed by atoms with Gasteiger partial charge in [-0.05, 0) is 26.2 Å². The molecular weight excluding hydrogens is 202 g/mol. The van der Waals surface area contributed by atoms with Crippen molar-refractivity contribution < 1.29 is 9.90 Å². The highest BCUT2D eigenvalue weighted by molar-refractivity contribution is 5.76. The third kappa shape index (κ3) is 9.97. The molecule has 0 aromatic carbocycles. The first-order valence-electron chi connectivity index (χ1n) is 6.61. The van der Waals surface area contributed by atoms with Crippen LogP contribution in [-0.4, -0.2) is 23.7 Å². The zero-order valence-corrected chi connectivity index (χ0v) is 10.8. The first kappa shape index (κ1) is 15.4. The van der Waals surface area contributed by atoms with E-state index in [0.717, 1.165) is 25.7 Å². The monoisotopic (exact) mass is 229 g/mol. The van der Waals surface area contributed by atoms with Gasteiger partial charge in [-0.15, -0.1) is 0 Å².